The average Bonchev–Trinajstić information content (AvgIpc) is 2.69. The minimum Gasteiger partial charge on any atom is -0.352 e. The Balaban J connectivity index is 1.61. The molecular formula is C21H20ClN3O2S. The van der Waals surface area contributed by atoms with Crippen molar-refractivity contribution in [1.29, 1.82) is 0 Å². The largest absolute Gasteiger partial charge is 0.352 e. The zero-order valence-corrected chi connectivity index (χ0v) is 16.9. The van der Waals surface area contributed by atoms with Gasteiger partial charge in [-0.1, -0.05) is 71.9 Å². The monoisotopic (exact) mass is 413 g/mol. The van der Waals surface area contributed by atoms with Gasteiger partial charge in [0, 0.05) is 28.6 Å². The topological polar surface area (TPSA) is 74.8 Å². The number of hydrogen-bond donors (Lipinski definition) is 2. The molecule has 0 aliphatic rings. The van der Waals surface area contributed by atoms with Gasteiger partial charge in [-0.05, 0) is 24.1 Å². The molecule has 0 unspecified atom stereocenters. The quantitative estimate of drug-likeness (QED) is 0.455. The molecule has 7 heteroatoms. The summed E-state index contributed by atoms with van der Waals surface area (Å²) in [6.07, 6.45) is -0.0255. The highest BCUT2D eigenvalue weighted by molar-refractivity contribution is 7.98. The molecule has 0 atom stereocenters. The van der Waals surface area contributed by atoms with Crippen LogP contribution in [0.4, 0.5) is 0 Å². The summed E-state index contributed by atoms with van der Waals surface area (Å²) < 4.78 is 0. The van der Waals surface area contributed by atoms with Crippen LogP contribution in [0.15, 0.2) is 64.5 Å². The number of rotatable bonds is 7. The molecule has 1 heterocycles. The molecule has 0 saturated carbocycles. The summed E-state index contributed by atoms with van der Waals surface area (Å²) in [5, 5.41) is 3.94. The second-order valence-corrected chi connectivity index (χ2v) is 7.63. The summed E-state index contributed by atoms with van der Waals surface area (Å²) in [5.41, 5.74) is 2.63. The van der Waals surface area contributed by atoms with Crippen molar-refractivity contribution in [2.75, 3.05) is 0 Å². The van der Waals surface area contributed by atoms with Gasteiger partial charge in [0.1, 0.15) is 0 Å². The SMILES string of the molecule is Cc1nc(SCc2ccccc2)[nH]c(=O)c1CC(=O)NCc1ccccc1Cl. The molecule has 5 nitrogen and oxygen atoms in total. The van der Waals surface area contributed by atoms with Crippen LogP contribution in [0.2, 0.25) is 5.02 Å². The number of amides is 1. The van der Waals surface area contributed by atoms with Crippen LogP contribution in [0.1, 0.15) is 22.4 Å². The highest BCUT2D eigenvalue weighted by atomic mass is 35.5. The maximum absolute atomic E-state index is 12.4. The van der Waals surface area contributed by atoms with Crippen molar-refractivity contribution in [1.82, 2.24) is 15.3 Å². The van der Waals surface area contributed by atoms with Crippen LogP contribution in [0.25, 0.3) is 0 Å². The summed E-state index contributed by atoms with van der Waals surface area (Å²) in [4.78, 5) is 31.9. The van der Waals surface area contributed by atoms with Gasteiger partial charge >= 0.3 is 0 Å². The number of H-pyrrole nitrogens is 1. The van der Waals surface area contributed by atoms with Gasteiger partial charge in [-0.25, -0.2) is 4.98 Å². The number of thioether (sulfide) groups is 1. The third kappa shape index (κ3) is 5.47. The summed E-state index contributed by atoms with van der Waals surface area (Å²) in [5.74, 6) is 0.459. The van der Waals surface area contributed by atoms with Crippen molar-refractivity contribution < 1.29 is 4.79 Å². The molecule has 1 amide bonds. The molecule has 0 saturated heterocycles. The number of nitrogens with one attached hydrogen (secondary N) is 2. The highest BCUT2D eigenvalue weighted by Crippen LogP contribution is 2.19. The Bertz CT molecular complexity index is 1020. The standard InChI is InChI=1S/C21H20ClN3O2S/c1-14-17(11-19(26)23-12-16-9-5-6-10-18(16)22)20(27)25-21(24-14)28-13-15-7-3-2-4-8-15/h2-10H,11-13H2,1H3,(H,23,26)(H,24,25,27). The van der Waals surface area contributed by atoms with E-state index in [-0.39, 0.29) is 17.9 Å². The Morgan fingerprint density at radius 3 is 2.57 bits per heavy atom. The second-order valence-electron chi connectivity index (χ2n) is 6.25. The van der Waals surface area contributed by atoms with E-state index in [9.17, 15) is 9.59 Å². The molecule has 2 N–H and O–H groups in total. The van der Waals surface area contributed by atoms with E-state index in [1.54, 1.807) is 13.0 Å². The molecule has 0 fully saturated rings. The summed E-state index contributed by atoms with van der Waals surface area (Å²) in [6, 6.07) is 17.3. The van der Waals surface area contributed by atoms with Gasteiger partial charge in [0.25, 0.3) is 5.56 Å². The molecule has 0 aliphatic carbocycles. The Labute approximate surface area is 172 Å². The molecule has 144 valence electrons. The Hall–Kier alpha value is -2.57. The maximum atomic E-state index is 12.4. The molecule has 1 aromatic heterocycles. The van der Waals surface area contributed by atoms with Gasteiger partial charge in [0.2, 0.25) is 5.91 Å². The Morgan fingerprint density at radius 1 is 1.14 bits per heavy atom. The van der Waals surface area contributed by atoms with E-state index < -0.39 is 0 Å². The number of carbonyl (C=O) groups is 1. The van der Waals surface area contributed by atoms with Crippen LogP contribution in [-0.2, 0) is 23.5 Å². The summed E-state index contributed by atoms with van der Waals surface area (Å²) >= 11 is 7.55. The molecule has 0 bridgehead atoms. The average molecular weight is 414 g/mol. The van der Waals surface area contributed by atoms with E-state index in [1.165, 1.54) is 11.8 Å². The van der Waals surface area contributed by atoms with Crippen LogP contribution in [0, 0.1) is 6.92 Å². The number of hydrogen-bond acceptors (Lipinski definition) is 4. The highest BCUT2D eigenvalue weighted by Gasteiger charge is 2.13. The first-order valence-corrected chi connectivity index (χ1v) is 10.2. The van der Waals surface area contributed by atoms with Crippen molar-refractivity contribution in [3.05, 3.63) is 92.4 Å². The number of benzene rings is 2. The number of aromatic nitrogens is 2. The number of aromatic amines is 1. The van der Waals surface area contributed by atoms with E-state index in [0.717, 1.165) is 11.1 Å². The van der Waals surface area contributed by atoms with Gasteiger partial charge in [-0.3, -0.25) is 9.59 Å². The first-order chi connectivity index (χ1) is 13.5. The number of halogens is 1. The van der Waals surface area contributed by atoms with Crippen molar-refractivity contribution >= 4 is 29.3 Å². The third-order valence-electron chi connectivity index (χ3n) is 4.19. The summed E-state index contributed by atoms with van der Waals surface area (Å²) in [7, 11) is 0. The number of carbonyl (C=O) groups excluding carboxylic acids is 1. The molecule has 0 radical (unpaired) electrons. The lowest BCUT2D eigenvalue weighted by atomic mass is 10.1. The van der Waals surface area contributed by atoms with Crippen LogP contribution >= 0.6 is 23.4 Å². The van der Waals surface area contributed by atoms with Crippen LogP contribution in [0.3, 0.4) is 0 Å². The second kappa shape index (κ2) is 9.57. The first-order valence-electron chi connectivity index (χ1n) is 8.79. The smallest absolute Gasteiger partial charge is 0.255 e. The zero-order valence-electron chi connectivity index (χ0n) is 15.4. The predicted octanol–water partition coefficient (Wildman–Crippen LogP) is 3.88. The van der Waals surface area contributed by atoms with Gasteiger partial charge < -0.3 is 10.3 Å². The number of nitrogens with zero attached hydrogens (tertiary/aromatic N) is 1. The Kier molecular flexibility index (Phi) is 6.90. The van der Waals surface area contributed by atoms with Crippen LogP contribution in [0.5, 0.6) is 0 Å². The third-order valence-corrected chi connectivity index (χ3v) is 5.50. The predicted molar refractivity (Wildman–Crippen MR) is 113 cm³/mol. The van der Waals surface area contributed by atoms with Crippen molar-refractivity contribution in [3.63, 3.8) is 0 Å². The molecule has 3 aromatic rings. The normalized spacial score (nSPS) is 10.6. The van der Waals surface area contributed by atoms with Crippen molar-refractivity contribution in [2.24, 2.45) is 0 Å². The van der Waals surface area contributed by atoms with Gasteiger partial charge in [0.15, 0.2) is 5.16 Å². The van der Waals surface area contributed by atoms with E-state index in [4.69, 9.17) is 11.6 Å². The molecule has 28 heavy (non-hydrogen) atoms. The lowest BCUT2D eigenvalue weighted by molar-refractivity contribution is -0.120. The molecule has 2 aromatic carbocycles. The fourth-order valence-corrected chi connectivity index (χ4v) is 3.71. The number of aryl methyl sites for hydroxylation is 1. The molecule has 0 aliphatic heterocycles. The minimum absolute atomic E-state index is 0.0255. The lowest BCUT2D eigenvalue weighted by Crippen LogP contribution is -2.29. The van der Waals surface area contributed by atoms with E-state index in [1.807, 2.05) is 48.5 Å². The first kappa shape index (κ1) is 20.2. The van der Waals surface area contributed by atoms with Crippen LogP contribution in [-0.4, -0.2) is 15.9 Å². The van der Waals surface area contributed by atoms with E-state index >= 15 is 0 Å². The molecule has 0 spiro atoms. The lowest BCUT2D eigenvalue weighted by Gasteiger charge is -2.09. The van der Waals surface area contributed by atoms with Gasteiger partial charge in [-0.15, -0.1) is 0 Å². The molecular weight excluding hydrogens is 394 g/mol. The fraction of sp³-hybridized carbons (Fsp3) is 0.190. The van der Waals surface area contributed by atoms with Gasteiger partial charge in [0.05, 0.1) is 6.42 Å². The van der Waals surface area contributed by atoms with Crippen molar-refractivity contribution in [2.45, 2.75) is 30.8 Å². The maximum Gasteiger partial charge on any atom is 0.255 e. The summed E-state index contributed by atoms with van der Waals surface area (Å²) in [6.45, 7) is 2.06. The van der Waals surface area contributed by atoms with E-state index in [0.29, 0.717) is 33.7 Å². The fourth-order valence-electron chi connectivity index (χ4n) is 2.65. The van der Waals surface area contributed by atoms with Crippen molar-refractivity contribution in [3.8, 4) is 0 Å². The van der Waals surface area contributed by atoms with E-state index in [2.05, 4.69) is 15.3 Å². The Morgan fingerprint density at radius 2 is 1.86 bits per heavy atom. The van der Waals surface area contributed by atoms with Gasteiger partial charge in [-0.2, -0.15) is 0 Å². The van der Waals surface area contributed by atoms with Crippen LogP contribution < -0.4 is 10.9 Å². The minimum atomic E-state index is -0.282. The molecule has 3 rings (SSSR count). The zero-order chi connectivity index (χ0) is 19.9.